The van der Waals surface area contributed by atoms with E-state index in [1.54, 1.807) is 0 Å². The number of nitrogens with zero attached hydrogens (tertiary/aromatic N) is 1. The first-order valence-electron chi connectivity index (χ1n) is 8.01. The second-order valence-corrected chi connectivity index (χ2v) is 7.52. The van der Waals surface area contributed by atoms with Gasteiger partial charge in [-0.15, -0.1) is 0 Å². The molecule has 118 valence electrons. The molecular formula is C16H31NO3. The summed E-state index contributed by atoms with van der Waals surface area (Å²) in [6.07, 6.45) is 4.03. The van der Waals surface area contributed by atoms with E-state index in [-0.39, 0.29) is 18.1 Å². The van der Waals surface area contributed by atoms with Crippen LogP contribution in [0.3, 0.4) is 0 Å². The van der Waals surface area contributed by atoms with Crippen LogP contribution < -0.4 is 0 Å². The molecule has 0 bridgehead atoms. The van der Waals surface area contributed by atoms with Crippen molar-refractivity contribution in [3.63, 3.8) is 0 Å². The van der Waals surface area contributed by atoms with Crippen LogP contribution >= 0.6 is 0 Å². The molecule has 3 unspecified atom stereocenters. The van der Waals surface area contributed by atoms with E-state index in [4.69, 9.17) is 4.74 Å². The van der Waals surface area contributed by atoms with Gasteiger partial charge in [-0.1, -0.05) is 6.42 Å². The molecule has 0 spiro atoms. The van der Waals surface area contributed by atoms with Crippen molar-refractivity contribution >= 4 is 0 Å². The number of rotatable bonds is 4. The Kier molecular flexibility index (Phi) is 4.80. The van der Waals surface area contributed by atoms with E-state index in [0.717, 1.165) is 25.9 Å². The fourth-order valence-corrected chi connectivity index (χ4v) is 4.03. The second-order valence-electron chi connectivity index (χ2n) is 7.52. The van der Waals surface area contributed by atoms with E-state index in [1.807, 2.05) is 13.8 Å². The lowest BCUT2D eigenvalue weighted by atomic mass is 9.83. The topological polar surface area (TPSA) is 52.9 Å². The minimum Gasteiger partial charge on any atom is -0.396 e. The van der Waals surface area contributed by atoms with Gasteiger partial charge in [-0.05, 0) is 53.5 Å². The molecule has 0 aromatic carbocycles. The van der Waals surface area contributed by atoms with Crippen molar-refractivity contribution in [1.82, 2.24) is 4.90 Å². The van der Waals surface area contributed by atoms with Gasteiger partial charge < -0.3 is 14.9 Å². The summed E-state index contributed by atoms with van der Waals surface area (Å²) in [4.78, 5) is 2.46. The molecule has 2 rings (SSSR count). The molecule has 0 aromatic rings. The number of ether oxygens (including phenoxy) is 1. The van der Waals surface area contributed by atoms with Gasteiger partial charge in [0.05, 0.1) is 17.3 Å². The van der Waals surface area contributed by atoms with Crippen LogP contribution in [0.4, 0.5) is 0 Å². The van der Waals surface area contributed by atoms with Gasteiger partial charge in [0, 0.05) is 25.1 Å². The van der Waals surface area contributed by atoms with Crippen molar-refractivity contribution in [3.05, 3.63) is 0 Å². The largest absolute Gasteiger partial charge is 0.396 e. The number of likely N-dealkylation sites (tertiary alicyclic amines) is 1. The second kappa shape index (κ2) is 5.91. The van der Waals surface area contributed by atoms with Crippen LogP contribution in [0.5, 0.6) is 0 Å². The molecule has 2 heterocycles. The Hall–Kier alpha value is -0.160. The van der Waals surface area contributed by atoms with Crippen LogP contribution in [0.2, 0.25) is 0 Å². The molecule has 0 radical (unpaired) electrons. The van der Waals surface area contributed by atoms with Gasteiger partial charge in [0.15, 0.2) is 0 Å². The molecule has 2 N–H and O–H groups in total. The van der Waals surface area contributed by atoms with Gasteiger partial charge >= 0.3 is 0 Å². The standard InChI is InChI=1S/C16H31NO3/c1-15(2)13(14(19)16(3,4)20-15)11-17-9-6-5-7-12(17)8-10-18/h12-14,18-19H,5-11H2,1-4H3. The molecule has 2 saturated heterocycles. The van der Waals surface area contributed by atoms with E-state index in [2.05, 4.69) is 18.7 Å². The average molecular weight is 285 g/mol. The predicted molar refractivity (Wildman–Crippen MR) is 79.7 cm³/mol. The molecule has 0 saturated carbocycles. The highest BCUT2D eigenvalue weighted by atomic mass is 16.5. The molecular weight excluding hydrogens is 254 g/mol. The Morgan fingerprint density at radius 2 is 1.85 bits per heavy atom. The fraction of sp³-hybridized carbons (Fsp3) is 1.00. The number of hydrogen-bond donors (Lipinski definition) is 2. The maximum atomic E-state index is 10.6. The van der Waals surface area contributed by atoms with Gasteiger partial charge in [-0.2, -0.15) is 0 Å². The maximum absolute atomic E-state index is 10.6. The third-order valence-electron chi connectivity index (χ3n) is 5.16. The first kappa shape index (κ1) is 16.2. The van der Waals surface area contributed by atoms with Crippen LogP contribution in [-0.4, -0.2) is 58.2 Å². The van der Waals surface area contributed by atoms with Crippen molar-refractivity contribution in [1.29, 1.82) is 0 Å². The van der Waals surface area contributed by atoms with E-state index in [1.165, 1.54) is 12.8 Å². The SMILES string of the molecule is CC1(C)OC(C)(C)C(CN2CCCCC2CCO)C1O. The lowest BCUT2D eigenvalue weighted by Crippen LogP contribution is -2.48. The lowest BCUT2D eigenvalue weighted by molar-refractivity contribution is -0.0917. The van der Waals surface area contributed by atoms with E-state index >= 15 is 0 Å². The summed E-state index contributed by atoms with van der Waals surface area (Å²) in [7, 11) is 0. The molecule has 0 amide bonds. The van der Waals surface area contributed by atoms with Gasteiger partial charge in [-0.25, -0.2) is 0 Å². The van der Waals surface area contributed by atoms with Crippen LogP contribution in [0, 0.1) is 5.92 Å². The molecule has 20 heavy (non-hydrogen) atoms. The molecule has 0 aliphatic carbocycles. The van der Waals surface area contributed by atoms with E-state index in [0.29, 0.717) is 6.04 Å². The molecule has 2 aliphatic heterocycles. The summed E-state index contributed by atoms with van der Waals surface area (Å²) < 4.78 is 6.07. The fourth-order valence-electron chi connectivity index (χ4n) is 4.03. The summed E-state index contributed by atoms with van der Waals surface area (Å²) in [5.41, 5.74) is -0.777. The van der Waals surface area contributed by atoms with Gasteiger partial charge in [0.1, 0.15) is 0 Å². The summed E-state index contributed by atoms with van der Waals surface area (Å²) in [5.74, 6) is 0.122. The van der Waals surface area contributed by atoms with Crippen LogP contribution in [0.1, 0.15) is 53.4 Å². The highest BCUT2D eigenvalue weighted by molar-refractivity contribution is 5.03. The third kappa shape index (κ3) is 3.19. The summed E-state index contributed by atoms with van der Waals surface area (Å²) in [5, 5.41) is 19.8. The summed E-state index contributed by atoms with van der Waals surface area (Å²) in [6.45, 7) is 10.3. The highest BCUT2D eigenvalue weighted by Gasteiger charge is 2.53. The first-order valence-corrected chi connectivity index (χ1v) is 8.01. The van der Waals surface area contributed by atoms with Crippen molar-refractivity contribution in [2.75, 3.05) is 19.7 Å². The van der Waals surface area contributed by atoms with Gasteiger partial charge in [-0.3, -0.25) is 4.90 Å². The van der Waals surface area contributed by atoms with Crippen molar-refractivity contribution in [3.8, 4) is 0 Å². The van der Waals surface area contributed by atoms with Crippen molar-refractivity contribution < 1.29 is 14.9 Å². The zero-order chi connectivity index (χ0) is 15.0. The number of hydrogen-bond acceptors (Lipinski definition) is 4. The average Bonchev–Trinajstić information content (AvgIpc) is 2.50. The Morgan fingerprint density at radius 3 is 2.40 bits per heavy atom. The van der Waals surface area contributed by atoms with Crippen molar-refractivity contribution in [2.45, 2.75) is 76.7 Å². The Bertz CT molecular complexity index is 328. The number of piperidine rings is 1. The minimum absolute atomic E-state index is 0.122. The quantitative estimate of drug-likeness (QED) is 0.827. The van der Waals surface area contributed by atoms with Gasteiger partial charge in [0.25, 0.3) is 0 Å². The van der Waals surface area contributed by atoms with Crippen LogP contribution in [0.25, 0.3) is 0 Å². The Balaban J connectivity index is 2.07. The highest BCUT2D eigenvalue weighted by Crippen LogP contribution is 2.43. The Morgan fingerprint density at radius 1 is 1.15 bits per heavy atom. The van der Waals surface area contributed by atoms with Gasteiger partial charge in [0.2, 0.25) is 0 Å². The third-order valence-corrected chi connectivity index (χ3v) is 5.16. The van der Waals surface area contributed by atoms with E-state index in [9.17, 15) is 10.2 Å². The summed E-state index contributed by atoms with van der Waals surface area (Å²) in [6, 6.07) is 0.459. The molecule has 2 fully saturated rings. The van der Waals surface area contributed by atoms with Crippen molar-refractivity contribution in [2.24, 2.45) is 5.92 Å². The summed E-state index contributed by atoms with van der Waals surface area (Å²) >= 11 is 0. The first-order chi connectivity index (χ1) is 9.28. The number of aliphatic hydroxyl groups is 2. The Labute approximate surface area is 123 Å². The normalized spacial score (nSPS) is 37.2. The smallest absolute Gasteiger partial charge is 0.0896 e. The predicted octanol–water partition coefficient (Wildman–Crippen LogP) is 1.79. The molecule has 4 heteroatoms. The minimum atomic E-state index is -0.476. The maximum Gasteiger partial charge on any atom is 0.0896 e. The zero-order valence-corrected chi connectivity index (χ0v) is 13.4. The molecule has 0 aromatic heterocycles. The number of aliphatic hydroxyl groups excluding tert-OH is 2. The van der Waals surface area contributed by atoms with Crippen LogP contribution in [0.15, 0.2) is 0 Å². The monoisotopic (exact) mass is 285 g/mol. The zero-order valence-electron chi connectivity index (χ0n) is 13.4. The van der Waals surface area contributed by atoms with Crippen LogP contribution in [-0.2, 0) is 4.74 Å². The lowest BCUT2D eigenvalue weighted by Gasteiger charge is -2.40. The molecule has 2 aliphatic rings. The molecule has 4 nitrogen and oxygen atoms in total. The molecule has 3 atom stereocenters. The van der Waals surface area contributed by atoms with E-state index < -0.39 is 11.7 Å².